The lowest BCUT2D eigenvalue weighted by Gasteiger charge is -2.21. The summed E-state index contributed by atoms with van der Waals surface area (Å²) >= 11 is 6.01. The summed E-state index contributed by atoms with van der Waals surface area (Å²) in [6, 6.07) is 4.15. The number of nitrogens with zero attached hydrogens (tertiary/aromatic N) is 1. The van der Waals surface area contributed by atoms with Gasteiger partial charge >= 0.3 is 0 Å². The Bertz CT molecular complexity index is 705. The summed E-state index contributed by atoms with van der Waals surface area (Å²) < 4.78 is 23.3. The van der Waals surface area contributed by atoms with Crippen LogP contribution in [-0.4, -0.2) is 32.3 Å². The number of hydrogen-bond acceptors (Lipinski definition) is 3. The first kappa shape index (κ1) is 15.8. The minimum Gasteiger partial charge on any atom is -0.327 e. The maximum Gasteiger partial charge on any atom is 0.257 e. The molecule has 112 valence electrons. The smallest absolute Gasteiger partial charge is 0.257 e. The maximum atomic E-state index is 12.6. The van der Waals surface area contributed by atoms with Gasteiger partial charge in [-0.3, -0.25) is 4.79 Å². The molecule has 0 bridgehead atoms. The molecule has 1 fully saturated rings. The zero-order chi connectivity index (χ0) is 15.6. The van der Waals surface area contributed by atoms with Crippen molar-refractivity contribution < 1.29 is 13.2 Å². The van der Waals surface area contributed by atoms with Crippen LogP contribution in [0.1, 0.15) is 23.2 Å². The van der Waals surface area contributed by atoms with Crippen molar-refractivity contribution >= 4 is 27.5 Å². The monoisotopic (exact) mass is 326 g/mol. The number of amides is 1. The Balaban J connectivity index is 2.43. The second kappa shape index (κ2) is 6.06. The topological polar surface area (TPSA) is 80.5 Å². The highest BCUT2D eigenvalue weighted by atomic mass is 35.5. The van der Waals surface area contributed by atoms with Crippen molar-refractivity contribution in [1.82, 2.24) is 4.90 Å². The molecule has 1 aliphatic rings. The van der Waals surface area contributed by atoms with Crippen molar-refractivity contribution in [3.05, 3.63) is 28.8 Å². The molecule has 0 saturated heterocycles. The predicted molar refractivity (Wildman–Crippen MR) is 80.3 cm³/mol. The molecule has 2 rings (SSSR count). The van der Waals surface area contributed by atoms with Crippen molar-refractivity contribution in [3.8, 4) is 12.3 Å². The van der Waals surface area contributed by atoms with Gasteiger partial charge in [0.15, 0.2) is 0 Å². The van der Waals surface area contributed by atoms with E-state index in [0.29, 0.717) is 12.5 Å². The molecular formula is C14H15ClN2O3S. The maximum absolute atomic E-state index is 12.6. The average molecular weight is 327 g/mol. The molecule has 1 aromatic rings. The molecule has 1 saturated carbocycles. The molecule has 0 unspecified atom stereocenters. The van der Waals surface area contributed by atoms with E-state index in [0.717, 1.165) is 12.8 Å². The molecule has 0 aliphatic heterocycles. The Morgan fingerprint density at radius 3 is 2.67 bits per heavy atom. The van der Waals surface area contributed by atoms with Crippen LogP contribution >= 0.6 is 11.6 Å². The first-order valence-electron chi connectivity index (χ1n) is 6.38. The average Bonchev–Trinajstić information content (AvgIpc) is 3.20. The predicted octanol–water partition coefficient (Wildman–Crippen LogP) is 1.47. The third kappa shape index (κ3) is 3.76. The van der Waals surface area contributed by atoms with Crippen LogP contribution in [0.25, 0.3) is 0 Å². The van der Waals surface area contributed by atoms with Crippen molar-refractivity contribution in [2.75, 3.05) is 13.1 Å². The summed E-state index contributed by atoms with van der Waals surface area (Å²) in [4.78, 5) is 13.8. The molecule has 2 N–H and O–H groups in total. The van der Waals surface area contributed by atoms with Crippen LogP contribution in [0.2, 0.25) is 5.02 Å². The fraction of sp³-hybridized carbons (Fsp3) is 0.357. The number of rotatable bonds is 5. The van der Waals surface area contributed by atoms with Gasteiger partial charge in [-0.25, -0.2) is 13.6 Å². The van der Waals surface area contributed by atoms with Crippen LogP contribution in [0.5, 0.6) is 0 Å². The van der Waals surface area contributed by atoms with Gasteiger partial charge in [-0.1, -0.05) is 23.6 Å². The third-order valence-electron chi connectivity index (χ3n) is 3.24. The van der Waals surface area contributed by atoms with E-state index < -0.39 is 15.9 Å². The number of terminal acetylenes is 1. The summed E-state index contributed by atoms with van der Waals surface area (Å²) in [7, 11) is -4.05. The van der Waals surface area contributed by atoms with E-state index in [4.69, 9.17) is 23.2 Å². The normalized spacial score (nSPS) is 14.5. The number of nitrogens with two attached hydrogens (primary N) is 1. The number of carbonyl (C=O) groups is 1. The van der Waals surface area contributed by atoms with Crippen molar-refractivity contribution in [2.45, 2.75) is 17.7 Å². The second-order valence-corrected chi connectivity index (χ2v) is 6.93. The van der Waals surface area contributed by atoms with Gasteiger partial charge in [-0.15, -0.1) is 6.42 Å². The molecule has 0 atom stereocenters. The number of primary sulfonamides is 1. The molecule has 0 heterocycles. The van der Waals surface area contributed by atoms with Gasteiger partial charge in [0, 0.05) is 6.54 Å². The molecule has 7 heteroatoms. The first-order chi connectivity index (χ1) is 9.84. The summed E-state index contributed by atoms with van der Waals surface area (Å²) in [6.07, 6.45) is 7.36. The van der Waals surface area contributed by atoms with Gasteiger partial charge in [0.2, 0.25) is 10.0 Å². The molecule has 1 amide bonds. The highest BCUT2D eigenvalue weighted by Gasteiger charge is 2.30. The molecule has 1 aliphatic carbocycles. The zero-order valence-electron chi connectivity index (χ0n) is 11.3. The molecule has 0 radical (unpaired) electrons. The van der Waals surface area contributed by atoms with Crippen LogP contribution < -0.4 is 5.14 Å². The summed E-state index contributed by atoms with van der Waals surface area (Å²) in [5.74, 6) is 2.32. The Labute approximate surface area is 129 Å². The summed E-state index contributed by atoms with van der Waals surface area (Å²) in [5, 5.41) is 5.20. The molecule has 21 heavy (non-hydrogen) atoms. The Morgan fingerprint density at radius 2 is 2.14 bits per heavy atom. The number of carbonyl (C=O) groups excluding carboxylic acids is 1. The molecule has 5 nitrogen and oxygen atoms in total. The zero-order valence-corrected chi connectivity index (χ0v) is 12.8. The van der Waals surface area contributed by atoms with Gasteiger partial charge in [0.05, 0.1) is 22.0 Å². The van der Waals surface area contributed by atoms with Crippen molar-refractivity contribution in [3.63, 3.8) is 0 Å². The molecule has 1 aromatic carbocycles. The standard InChI is InChI=1S/C14H15ClN2O3S/c1-2-8-17(9-10-6-7-10)14(18)13-11(15)4-3-5-12(13)21(16,19)20/h1,3-5,10H,6-9H2,(H2,16,19,20). The van der Waals surface area contributed by atoms with E-state index in [1.54, 1.807) is 0 Å². The Kier molecular flexibility index (Phi) is 4.57. The van der Waals surface area contributed by atoms with Gasteiger partial charge in [-0.2, -0.15) is 0 Å². The van der Waals surface area contributed by atoms with E-state index in [9.17, 15) is 13.2 Å². The minimum absolute atomic E-state index is 0.0457. The van der Waals surface area contributed by atoms with Gasteiger partial charge < -0.3 is 4.90 Å². The van der Waals surface area contributed by atoms with Gasteiger partial charge in [-0.05, 0) is 30.9 Å². The van der Waals surface area contributed by atoms with E-state index >= 15 is 0 Å². The lowest BCUT2D eigenvalue weighted by Crippen LogP contribution is -2.34. The van der Waals surface area contributed by atoms with Crippen LogP contribution in [0, 0.1) is 18.3 Å². The summed E-state index contributed by atoms with van der Waals surface area (Å²) in [5.41, 5.74) is -0.113. The van der Waals surface area contributed by atoms with E-state index in [2.05, 4.69) is 5.92 Å². The number of sulfonamides is 1. The molecule has 0 spiro atoms. The van der Waals surface area contributed by atoms with Crippen LogP contribution in [0.15, 0.2) is 23.1 Å². The SMILES string of the molecule is C#CCN(CC1CC1)C(=O)c1c(Cl)cccc1S(N)(=O)=O. The van der Waals surface area contributed by atoms with Gasteiger partial charge in [0.25, 0.3) is 5.91 Å². The summed E-state index contributed by atoms with van der Waals surface area (Å²) in [6.45, 7) is 0.600. The largest absolute Gasteiger partial charge is 0.327 e. The van der Waals surface area contributed by atoms with Crippen LogP contribution in [-0.2, 0) is 10.0 Å². The lowest BCUT2D eigenvalue weighted by atomic mass is 10.2. The van der Waals surface area contributed by atoms with Crippen LogP contribution in [0.4, 0.5) is 0 Å². The fourth-order valence-electron chi connectivity index (χ4n) is 2.05. The second-order valence-electron chi connectivity index (χ2n) is 4.99. The first-order valence-corrected chi connectivity index (χ1v) is 8.31. The number of hydrogen-bond donors (Lipinski definition) is 1. The quantitative estimate of drug-likeness (QED) is 0.832. The van der Waals surface area contributed by atoms with Crippen molar-refractivity contribution in [1.29, 1.82) is 0 Å². The number of halogens is 1. The van der Waals surface area contributed by atoms with E-state index in [-0.39, 0.29) is 22.0 Å². The van der Waals surface area contributed by atoms with E-state index in [1.807, 2.05) is 0 Å². The van der Waals surface area contributed by atoms with Crippen LogP contribution in [0.3, 0.4) is 0 Å². The third-order valence-corrected chi connectivity index (χ3v) is 4.51. The minimum atomic E-state index is -4.05. The molecule has 0 aromatic heterocycles. The van der Waals surface area contributed by atoms with Gasteiger partial charge in [0.1, 0.15) is 0 Å². The number of benzene rings is 1. The highest BCUT2D eigenvalue weighted by Crippen LogP contribution is 2.31. The Morgan fingerprint density at radius 1 is 1.48 bits per heavy atom. The van der Waals surface area contributed by atoms with E-state index in [1.165, 1.54) is 23.1 Å². The lowest BCUT2D eigenvalue weighted by molar-refractivity contribution is 0.0766. The molecular weight excluding hydrogens is 312 g/mol. The fourth-order valence-corrected chi connectivity index (χ4v) is 3.11. The van der Waals surface area contributed by atoms with Crippen molar-refractivity contribution in [2.24, 2.45) is 11.1 Å². The highest BCUT2D eigenvalue weighted by molar-refractivity contribution is 7.89. The Hall–Kier alpha value is -1.55.